The number of carbonyl (C=O) groups is 1. The van der Waals surface area contributed by atoms with E-state index >= 15 is 0 Å². The van der Waals surface area contributed by atoms with Crippen LogP contribution < -0.4 is 0 Å². The Kier molecular flexibility index (Phi) is 3.97. The van der Waals surface area contributed by atoms with Crippen LogP contribution in [0.15, 0.2) is 52.5 Å². The van der Waals surface area contributed by atoms with Crippen LogP contribution in [0.3, 0.4) is 0 Å². The van der Waals surface area contributed by atoms with Gasteiger partial charge in [-0.25, -0.2) is 9.79 Å². The highest BCUT2D eigenvalue weighted by Crippen LogP contribution is 2.20. The van der Waals surface area contributed by atoms with Gasteiger partial charge < -0.3 is 4.74 Å². The number of thiophene rings is 1. The number of ether oxygens (including phenoxy) is 1. The molecule has 0 saturated carbocycles. The summed E-state index contributed by atoms with van der Waals surface area (Å²) < 4.78 is 5.22. The highest BCUT2D eigenvalue weighted by molar-refractivity contribution is 7.10. The van der Waals surface area contributed by atoms with Crippen molar-refractivity contribution < 1.29 is 9.53 Å². The SMILES string of the molecule is Cc1ccc(CCC2=N/C(=C/c3cccs3)C(=O)O2)cc1. The van der Waals surface area contributed by atoms with E-state index in [1.54, 1.807) is 17.4 Å². The summed E-state index contributed by atoms with van der Waals surface area (Å²) in [5, 5.41) is 1.97. The molecule has 0 fully saturated rings. The van der Waals surface area contributed by atoms with E-state index in [0.29, 0.717) is 18.0 Å². The van der Waals surface area contributed by atoms with Gasteiger partial charge in [0.2, 0.25) is 0 Å². The van der Waals surface area contributed by atoms with Gasteiger partial charge in [-0.3, -0.25) is 0 Å². The van der Waals surface area contributed by atoms with E-state index in [4.69, 9.17) is 4.74 Å². The summed E-state index contributed by atoms with van der Waals surface area (Å²) >= 11 is 1.57. The molecule has 1 aromatic heterocycles. The number of aliphatic imine (C=N–C) groups is 1. The van der Waals surface area contributed by atoms with Crippen molar-refractivity contribution >= 4 is 29.3 Å². The van der Waals surface area contributed by atoms with Crippen LogP contribution in [0.1, 0.15) is 22.4 Å². The maximum atomic E-state index is 11.8. The maximum absolute atomic E-state index is 11.8. The molecule has 0 unspecified atom stereocenters. The van der Waals surface area contributed by atoms with Gasteiger partial charge in [-0.2, -0.15) is 0 Å². The lowest BCUT2D eigenvalue weighted by Crippen LogP contribution is -2.05. The molecular formula is C17H15NO2S. The van der Waals surface area contributed by atoms with Crippen molar-refractivity contribution in [3.8, 4) is 0 Å². The topological polar surface area (TPSA) is 38.7 Å². The van der Waals surface area contributed by atoms with Crippen molar-refractivity contribution in [3.63, 3.8) is 0 Å². The third-order valence-corrected chi connectivity index (χ3v) is 4.05. The Balaban J connectivity index is 1.66. The summed E-state index contributed by atoms with van der Waals surface area (Å²) in [6, 6.07) is 12.2. The Morgan fingerprint density at radius 2 is 2.00 bits per heavy atom. The van der Waals surface area contributed by atoms with E-state index in [1.165, 1.54) is 11.1 Å². The molecule has 0 spiro atoms. The Labute approximate surface area is 127 Å². The molecule has 0 radical (unpaired) electrons. The first-order valence-electron chi connectivity index (χ1n) is 6.81. The number of cyclic esters (lactones) is 1. The van der Waals surface area contributed by atoms with Crippen LogP contribution in [0, 0.1) is 6.92 Å². The van der Waals surface area contributed by atoms with Crippen LogP contribution in [0.4, 0.5) is 0 Å². The zero-order valence-corrected chi connectivity index (χ0v) is 12.5. The van der Waals surface area contributed by atoms with Gasteiger partial charge in [0.05, 0.1) is 0 Å². The molecule has 1 aliphatic heterocycles. The van der Waals surface area contributed by atoms with Crippen molar-refractivity contribution in [1.29, 1.82) is 0 Å². The molecule has 1 aliphatic rings. The molecule has 0 bridgehead atoms. The fourth-order valence-corrected chi connectivity index (χ4v) is 2.73. The Hall–Kier alpha value is -2.20. The highest BCUT2D eigenvalue weighted by Gasteiger charge is 2.22. The minimum atomic E-state index is -0.359. The molecule has 0 amide bonds. The molecule has 1 aromatic carbocycles. The average molecular weight is 297 g/mol. The third kappa shape index (κ3) is 3.47. The van der Waals surface area contributed by atoms with Crippen molar-refractivity contribution in [2.75, 3.05) is 0 Å². The second-order valence-corrected chi connectivity index (χ2v) is 5.90. The molecule has 106 valence electrons. The quantitative estimate of drug-likeness (QED) is 0.632. The summed E-state index contributed by atoms with van der Waals surface area (Å²) in [4.78, 5) is 17.1. The van der Waals surface area contributed by atoms with Gasteiger partial charge >= 0.3 is 5.97 Å². The minimum Gasteiger partial charge on any atom is -0.407 e. The van der Waals surface area contributed by atoms with Gasteiger partial charge in [0.15, 0.2) is 11.6 Å². The average Bonchev–Trinajstić information content (AvgIpc) is 3.10. The van der Waals surface area contributed by atoms with Crippen molar-refractivity contribution in [2.24, 2.45) is 4.99 Å². The Morgan fingerprint density at radius 1 is 1.19 bits per heavy atom. The monoisotopic (exact) mass is 297 g/mol. The molecule has 0 atom stereocenters. The van der Waals surface area contributed by atoms with Gasteiger partial charge in [-0.1, -0.05) is 35.9 Å². The minimum absolute atomic E-state index is 0.359. The van der Waals surface area contributed by atoms with E-state index < -0.39 is 0 Å². The zero-order valence-electron chi connectivity index (χ0n) is 11.7. The van der Waals surface area contributed by atoms with Crippen LogP contribution in [0.5, 0.6) is 0 Å². The number of aryl methyl sites for hydroxylation is 2. The molecule has 0 saturated heterocycles. The number of hydrogen-bond donors (Lipinski definition) is 0. The largest absolute Gasteiger partial charge is 0.407 e. The molecule has 0 N–H and O–H groups in total. The van der Waals surface area contributed by atoms with E-state index in [1.807, 2.05) is 17.5 Å². The van der Waals surface area contributed by atoms with Crippen molar-refractivity contribution in [3.05, 3.63) is 63.5 Å². The van der Waals surface area contributed by atoms with E-state index in [-0.39, 0.29) is 5.97 Å². The van der Waals surface area contributed by atoms with Crippen LogP contribution in [-0.4, -0.2) is 11.9 Å². The first-order valence-corrected chi connectivity index (χ1v) is 7.69. The number of esters is 1. The molecule has 21 heavy (non-hydrogen) atoms. The fourth-order valence-electron chi connectivity index (χ4n) is 2.07. The predicted octanol–water partition coefficient (Wildman–Crippen LogP) is 3.99. The van der Waals surface area contributed by atoms with Crippen LogP contribution in [0.25, 0.3) is 6.08 Å². The summed E-state index contributed by atoms with van der Waals surface area (Å²) in [5.41, 5.74) is 2.84. The predicted molar refractivity (Wildman–Crippen MR) is 85.3 cm³/mol. The molecule has 3 rings (SSSR count). The van der Waals surface area contributed by atoms with Gasteiger partial charge in [0.25, 0.3) is 0 Å². The molecule has 2 aromatic rings. The second kappa shape index (κ2) is 6.06. The number of benzene rings is 1. The first-order chi connectivity index (χ1) is 10.2. The van der Waals surface area contributed by atoms with Crippen LogP contribution in [-0.2, 0) is 16.0 Å². The lowest BCUT2D eigenvalue weighted by molar-refractivity contribution is -0.130. The smallest absolute Gasteiger partial charge is 0.363 e. The summed E-state index contributed by atoms with van der Waals surface area (Å²) in [6.45, 7) is 2.06. The van der Waals surface area contributed by atoms with Gasteiger partial charge in [-0.05, 0) is 36.4 Å². The standard InChI is InChI=1S/C17H15NO2S/c1-12-4-6-13(7-5-12)8-9-16-18-15(17(19)20-16)11-14-3-2-10-21-14/h2-7,10-11H,8-9H2,1H3/b15-11+. The van der Waals surface area contributed by atoms with Crippen LogP contribution >= 0.6 is 11.3 Å². The van der Waals surface area contributed by atoms with E-state index in [9.17, 15) is 4.79 Å². The maximum Gasteiger partial charge on any atom is 0.363 e. The molecule has 4 heteroatoms. The molecule has 2 heterocycles. The second-order valence-electron chi connectivity index (χ2n) is 4.93. The number of hydrogen-bond acceptors (Lipinski definition) is 4. The number of nitrogens with zero attached hydrogens (tertiary/aromatic N) is 1. The molecule has 3 nitrogen and oxygen atoms in total. The van der Waals surface area contributed by atoms with Crippen molar-refractivity contribution in [2.45, 2.75) is 19.8 Å². The van der Waals surface area contributed by atoms with Gasteiger partial charge in [-0.15, -0.1) is 11.3 Å². The summed E-state index contributed by atoms with van der Waals surface area (Å²) in [6.07, 6.45) is 3.22. The lowest BCUT2D eigenvalue weighted by Gasteiger charge is -2.01. The first kappa shape index (κ1) is 13.8. The van der Waals surface area contributed by atoms with Gasteiger partial charge in [0.1, 0.15) is 0 Å². The Morgan fingerprint density at radius 3 is 2.71 bits per heavy atom. The zero-order chi connectivity index (χ0) is 14.7. The summed E-state index contributed by atoms with van der Waals surface area (Å²) in [7, 11) is 0. The number of rotatable bonds is 4. The van der Waals surface area contributed by atoms with E-state index in [2.05, 4.69) is 36.2 Å². The number of carbonyl (C=O) groups excluding carboxylic acids is 1. The highest BCUT2D eigenvalue weighted by atomic mass is 32.1. The molecular weight excluding hydrogens is 282 g/mol. The van der Waals surface area contributed by atoms with Gasteiger partial charge in [0, 0.05) is 11.3 Å². The lowest BCUT2D eigenvalue weighted by atomic mass is 10.1. The summed E-state index contributed by atoms with van der Waals surface area (Å²) in [5.74, 6) is 0.144. The van der Waals surface area contributed by atoms with E-state index in [0.717, 1.165) is 11.3 Å². The van der Waals surface area contributed by atoms with Crippen molar-refractivity contribution in [1.82, 2.24) is 0 Å². The third-order valence-electron chi connectivity index (χ3n) is 3.24. The normalized spacial score (nSPS) is 16.1. The Bertz CT molecular complexity index is 697. The molecule has 0 aliphatic carbocycles. The fraction of sp³-hybridized carbons (Fsp3) is 0.176. The van der Waals surface area contributed by atoms with Crippen LogP contribution in [0.2, 0.25) is 0 Å².